The third-order valence-electron chi connectivity index (χ3n) is 3.92. The molecule has 2 rings (SSSR count). The van der Waals surface area contributed by atoms with E-state index in [2.05, 4.69) is 15.7 Å². The molecule has 1 heterocycles. The molecule has 1 aromatic carbocycles. The Morgan fingerprint density at radius 3 is 2.64 bits per heavy atom. The van der Waals surface area contributed by atoms with Gasteiger partial charge in [0.1, 0.15) is 11.7 Å². The summed E-state index contributed by atoms with van der Waals surface area (Å²) in [5.41, 5.74) is -0.886. The van der Waals surface area contributed by atoms with E-state index in [9.17, 15) is 24.5 Å². The lowest BCUT2D eigenvalue weighted by molar-refractivity contribution is -0.384. The van der Waals surface area contributed by atoms with E-state index in [1.54, 1.807) is 13.0 Å². The third-order valence-corrected chi connectivity index (χ3v) is 3.92. The summed E-state index contributed by atoms with van der Waals surface area (Å²) in [4.78, 5) is 47.3. The van der Waals surface area contributed by atoms with Gasteiger partial charge in [0.15, 0.2) is 5.69 Å². The molecule has 1 aromatic heterocycles. The maximum Gasteiger partial charge on any atom is 0.294 e. The molecule has 148 valence electrons. The minimum Gasteiger partial charge on any atom is -0.354 e. The number of hydrogen-bond acceptors (Lipinski definition) is 6. The second-order valence-corrected chi connectivity index (χ2v) is 6.14. The van der Waals surface area contributed by atoms with Crippen LogP contribution in [0.1, 0.15) is 36.5 Å². The highest BCUT2D eigenvalue weighted by Crippen LogP contribution is 2.22. The minimum atomic E-state index is -0.874. The predicted molar refractivity (Wildman–Crippen MR) is 101 cm³/mol. The number of nitro benzene ring substituents is 1. The molecule has 0 aliphatic rings. The van der Waals surface area contributed by atoms with Gasteiger partial charge in [-0.05, 0) is 26.3 Å². The number of aromatic nitrogens is 2. The molecule has 0 radical (unpaired) electrons. The van der Waals surface area contributed by atoms with Gasteiger partial charge in [-0.3, -0.25) is 24.5 Å². The van der Waals surface area contributed by atoms with Crippen LogP contribution in [-0.2, 0) is 4.79 Å². The zero-order chi connectivity index (χ0) is 20.8. The summed E-state index contributed by atoms with van der Waals surface area (Å²) in [7, 11) is 0. The van der Waals surface area contributed by atoms with E-state index < -0.39 is 28.0 Å². The normalized spacial score (nSPS) is 11.5. The molecule has 0 saturated carbocycles. The quantitative estimate of drug-likeness (QED) is 0.539. The average Bonchev–Trinajstić information content (AvgIpc) is 2.65. The maximum atomic E-state index is 12.5. The average molecular weight is 387 g/mol. The first-order chi connectivity index (χ1) is 13.3. The van der Waals surface area contributed by atoms with Crippen LogP contribution >= 0.6 is 0 Å². The molecule has 10 heteroatoms. The molecule has 28 heavy (non-hydrogen) atoms. The highest BCUT2D eigenvalue weighted by Gasteiger charge is 2.22. The van der Waals surface area contributed by atoms with Crippen molar-refractivity contribution in [2.75, 3.05) is 6.54 Å². The summed E-state index contributed by atoms with van der Waals surface area (Å²) >= 11 is 0. The van der Waals surface area contributed by atoms with E-state index in [-0.39, 0.29) is 17.3 Å². The summed E-state index contributed by atoms with van der Waals surface area (Å²) in [6, 6.07) is 6.15. The summed E-state index contributed by atoms with van der Waals surface area (Å²) < 4.78 is 1.16. The Hall–Kier alpha value is -3.56. The maximum absolute atomic E-state index is 12.5. The van der Waals surface area contributed by atoms with Gasteiger partial charge in [-0.15, -0.1) is 0 Å². The summed E-state index contributed by atoms with van der Waals surface area (Å²) in [6.45, 7) is 5.39. The monoisotopic (exact) mass is 387 g/mol. The van der Waals surface area contributed by atoms with Crippen LogP contribution in [0, 0.1) is 17.0 Å². The van der Waals surface area contributed by atoms with Crippen molar-refractivity contribution in [3.63, 3.8) is 0 Å². The van der Waals surface area contributed by atoms with E-state index in [4.69, 9.17) is 0 Å². The zero-order valence-corrected chi connectivity index (χ0v) is 15.8. The molecule has 2 aromatic rings. The van der Waals surface area contributed by atoms with Gasteiger partial charge in [-0.1, -0.05) is 19.1 Å². The van der Waals surface area contributed by atoms with Crippen molar-refractivity contribution >= 4 is 17.5 Å². The number of carbonyl (C=O) groups excluding carboxylic acids is 2. The lowest BCUT2D eigenvalue weighted by Crippen LogP contribution is -2.46. The molecule has 0 fully saturated rings. The van der Waals surface area contributed by atoms with Crippen molar-refractivity contribution < 1.29 is 14.5 Å². The van der Waals surface area contributed by atoms with Crippen LogP contribution in [-0.4, -0.2) is 39.1 Å². The van der Waals surface area contributed by atoms with Crippen molar-refractivity contribution in [3.8, 4) is 5.69 Å². The number of nitrogens with one attached hydrogen (secondary N) is 2. The molecule has 1 atom stereocenters. The predicted octanol–water partition coefficient (Wildman–Crippen LogP) is 1.09. The van der Waals surface area contributed by atoms with Crippen molar-refractivity contribution in [1.82, 2.24) is 20.4 Å². The number of para-hydroxylation sites is 2. The number of nitrogens with zero attached hydrogens (tertiary/aromatic N) is 3. The third kappa shape index (κ3) is 4.58. The first-order valence-corrected chi connectivity index (χ1v) is 8.69. The molecule has 0 spiro atoms. The Bertz CT molecular complexity index is 969. The van der Waals surface area contributed by atoms with E-state index in [1.165, 1.54) is 31.2 Å². The minimum absolute atomic E-state index is 0.118. The van der Waals surface area contributed by atoms with Gasteiger partial charge in [-0.2, -0.15) is 5.10 Å². The fraction of sp³-hybridized carbons (Fsp3) is 0.333. The van der Waals surface area contributed by atoms with Crippen LogP contribution in [0.4, 0.5) is 5.69 Å². The standard InChI is InChI=1S/C18H21N5O5/c1-4-9-19-17(25)12(3)20-18(26)16-15(24)10-11(2)22(21-16)13-7-5-6-8-14(13)23(27)28/h5-8,10,12H,4,9H2,1-3H3,(H,19,25)(H,20,26). The van der Waals surface area contributed by atoms with Crippen molar-refractivity contribution in [3.05, 3.63) is 62.1 Å². The number of benzene rings is 1. The van der Waals surface area contributed by atoms with Crippen LogP contribution in [0.3, 0.4) is 0 Å². The van der Waals surface area contributed by atoms with Crippen LogP contribution in [0.15, 0.2) is 35.1 Å². The van der Waals surface area contributed by atoms with Gasteiger partial charge in [0, 0.05) is 24.4 Å². The van der Waals surface area contributed by atoms with Gasteiger partial charge in [0.25, 0.3) is 11.6 Å². The number of nitro groups is 1. The largest absolute Gasteiger partial charge is 0.354 e. The van der Waals surface area contributed by atoms with E-state index >= 15 is 0 Å². The second-order valence-electron chi connectivity index (χ2n) is 6.14. The smallest absolute Gasteiger partial charge is 0.294 e. The molecule has 0 aliphatic heterocycles. The topological polar surface area (TPSA) is 136 Å². The molecule has 2 amide bonds. The van der Waals surface area contributed by atoms with E-state index in [0.29, 0.717) is 12.2 Å². The van der Waals surface area contributed by atoms with Gasteiger partial charge in [0.2, 0.25) is 11.3 Å². The molecule has 0 saturated heterocycles. The molecular formula is C18H21N5O5. The van der Waals surface area contributed by atoms with Gasteiger partial charge in [0.05, 0.1) is 4.92 Å². The van der Waals surface area contributed by atoms with Gasteiger partial charge >= 0.3 is 0 Å². The molecule has 2 N–H and O–H groups in total. The summed E-state index contributed by atoms with van der Waals surface area (Å²) in [5, 5.41) is 20.4. The summed E-state index contributed by atoms with van der Waals surface area (Å²) in [6.07, 6.45) is 0.743. The van der Waals surface area contributed by atoms with Gasteiger partial charge < -0.3 is 10.6 Å². The van der Waals surface area contributed by atoms with Crippen LogP contribution < -0.4 is 16.1 Å². The number of rotatable bonds is 7. The van der Waals surface area contributed by atoms with Crippen LogP contribution in [0.5, 0.6) is 0 Å². The number of carbonyl (C=O) groups is 2. The van der Waals surface area contributed by atoms with Crippen molar-refractivity contribution in [1.29, 1.82) is 0 Å². The van der Waals surface area contributed by atoms with Gasteiger partial charge in [-0.25, -0.2) is 4.68 Å². The second kappa shape index (κ2) is 8.89. The Labute approximate surface area is 160 Å². The molecule has 0 bridgehead atoms. The van der Waals surface area contributed by atoms with Crippen molar-refractivity contribution in [2.45, 2.75) is 33.2 Å². The zero-order valence-electron chi connectivity index (χ0n) is 15.8. The van der Waals surface area contributed by atoms with Crippen LogP contribution in [0.2, 0.25) is 0 Å². The fourth-order valence-electron chi connectivity index (χ4n) is 2.48. The van der Waals surface area contributed by atoms with Crippen LogP contribution in [0.25, 0.3) is 5.69 Å². The first-order valence-electron chi connectivity index (χ1n) is 8.69. The lowest BCUT2D eigenvalue weighted by Gasteiger charge is -2.15. The fourth-order valence-corrected chi connectivity index (χ4v) is 2.48. The molecule has 1 unspecified atom stereocenters. The van der Waals surface area contributed by atoms with Crippen molar-refractivity contribution in [2.24, 2.45) is 0 Å². The molecule has 10 nitrogen and oxygen atoms in total. The molecule has 0 aliphatic carbocycles. The number of aryl methyl sites for hydroxylation is 1. The number of hydrogen-bond donors (Lipinski definition) is 2. The highest BCUT2D eigenvalue weighted by atomic mass is 16.6. The van der Waals surface area contributed by atoms with E-state index in [0.717, 1.165) is 11.1 Å². The highest BCUT2D eigenvalue weighted by molar-refractivity contribution is 5.95. The number of amides is 2. The van der Waals surface area contributed by atoms with E-state index in [1.807, 2.05) is 6.92 Å². The lowest BCUT2D eigenvalue weighted by atomic mass is 10.2. The Morgan fingerprint density at radius 2 is 2.00 bits per heavy atom. The first kappa shape index (κ1) is 20.7. The Balaban J connectivity index is 2.39. The SMILES string of the molecule is CCCNC(=O)C(C)NC(=O)c1nn(-c2ccccc2[N+](=O)[O-])c(C)cc1=O. The summed E-state index contributed by atoms with van der Waals surface area (Å²) in [5.74, 6) is -1.22. The molecular weight excluding hydrogens is 366 g/mol. The Kier molecular flexibility index (Phi) is 6.59. The Morgan fingerprint density at radius 1 is 1.32 bits per heavy atom.